The van der Waals surface area contributed by atoms with Crippen LogP contribution in [0.5, 0.6) is 0 Å². The van der Waals surface area contributed by atoms with E-state index in [0.717, 1.165) is 9.99 Å². The van der Waals surface area contributed by atoms with Gasteiger partial charge in [0.25, 0.3) is 0 Å². The van der Waals surface area contributed by atoms with Crippen molar-refractivity contribution in [1.29, 1.82) is 0 Å². The number of hydrogen-bond acceptors (Lipinski definition) is 3. The standard InChI is InChI=1S/C21H30BrNO4Si/c1-13(2)18(12-27-28(6,7)21(3,4)5)23-11-16(20(25)26)19(24)15-10-14(22)8-9-17(15)23/h8-11,13,18H,12H2,1-7H3,(H,25,26). The van der Waals surface area contributed by atoms with Crippen LogP contribution in [0.4, 0.5) is 0 Å². The minimum atomic E-state index is -1.97. The monoisotopic (exact) mass is 467 g/mol. The van der Waals surface area contributed by atoms with Crippen LogP contribution in [0, 0.1) is 5.92 Å². The van der Waals surface area contributed by atoms with Crippen molar-refractivity contribution in [2.24, 2.45) is 5.92 Å². The molecule has 2 rings (SSSR count). The normalized spacial score (nSPS) is 13.9. The van der Waals surface area contributed by atoms with Gasteiger partial charge in [-0.2, -0.15) is 0 Å². The molecular weight excluding hydrogens is 438 g/mol. The molecule has 1 aromatic carbocycles. The van der Waals surface area contributed by atoms with E-state index in [1.165, 1.54) is 6.20 Å². The SMILES string of the molecule is CC(C)C(CO[Si](C)(C)C(C)(C)C)n1cc(C(=O)O)c(=O)c2cc(Br)ccc21. The summed E-state index contributed by atoms with van der Waals surface area (Å²) in [6.07, 6.45) is 1.47. The zero-order valence-electron chi connectivity index (χ0n) is 17.7. The number of rotatable bonds is 6. The molecule has 0 spiro atoms. The van der Waals surface area contributed by atoms with Crippen molar-refractivity contribution in [1.82, 2.24) is 4.57 Å². The molecule has 0 radical (unpaired) electrons. The molecule has 5 nitrogen and oxygen atoms in total. The fourth-order valence-electron chi connectivity index (χ4n) is 2.86. The molecule has 0 saturated heterocycles. The van der Waals surface area contributed by atoms with Crippen molar-refractivity contribution in [3.8, 4) is 0 Å². The zero-order valence-corrected chi connectivity index (χ0v) is 20.3. The molecule has 1 atom stereocenters. The van der Waals surface area contributed by atoms with Gasteiger partial charge < -0.3 is 14.1 Å². The minimum absolute atomic E-state index is 0.0806. The van der Waals surface area contributed by atoms with Crippen molar-refractivity contribution in [2.75, 3.05) is 6.61 Å². The number of benzene rings is 1. The largest absolute Gasteiger partial charge is 0.477 e. The van der Waals surface area contributed by atoms with Gasteiger partial charge in [0.15, 0.2) is 8.32 Å². The van der Waals surface area contributed by atoms with Crippen molar-refractivity contribution in [2.45, 2.75) is 58.8 Å². The van der Waals surface area contributed by atoms with Crippen molar-refractivity contribution in [3.05, 3.63) is 44.7 Å². The van der Waals surface area contributed by atoms with Gasteiger partial charge in [-0.15, -0.1) is 0 Å². The predicted octanol–water partition coefficient (Wildman–Crippen LogP) is 5.68. The summed E-state index contributed by atoms with van der Waals surface area (Å²) in [6.45, 7) is 15.6. The van der Waals surface area contributed by atoms with Gasteiger partial charge in [0.2, 0.25) is 5.43 Å². The van der Waals surface area contributed by atoms with Crippen LogP contribution in [0.2, 0.25) is 18.1 Å². The molecule has 2 aromatic rings. The second-order valence-electron chi connectivity index (χ2n) is 9.13. The lowest BCUT2D eigenvalue weighted by molar-refractivity contribution is 0.0694. The fourth-order valence-corrected chi connectivity index (χ4v) is 4.24. The third-order valence-electron chi connectivity index (χ3n) is 5.77. The molecule has 0 aliphatic rings. The summed E-state index contributed by atoms with van der Waals surface area (Å²) in [7, 11) is -1.97. The lowest BCUT2D eigenvalue weighted by Gasteiger charge is -2.38. The van der Waals surface area contributed by atoms with Crippen LogP contribution in [0.1, 0.15) is 51.0 Å². The minimum Gasteiger partial charge on any atom is -0.477 e. The highest BCUT2D eigenvalue weighted by Gasteiger charge is 2.38. The lowest BCUT2D eigenvalue weighted by Crippen LogP contribution is -2.42. The Labute approximate surface area is 176 Å². The van der Waals surface area contributed by atoms with Crippen LogP contribution in [0.25, 0.3) is 10.9 Å². The van der Waals surface area contributed by atoms with E-state index >= 15 is 0 Å². The van der Waals surface area contributed by atoms with Gasteiger partial charge in [-0.1, -0.05) is 50.5 Å². The maximum absolute atomic E-state index is 12.7. The highest BCUT2D eigenvalue weighted by atomic mass is 79.9. The molecule has 0 bridgehead atoms. The molecule has 28 heavy (non-hydrogen) atoms. The van der Waals surface area contributed by atoms with Gasteiger partial charge in [-0.25, -0.2) is 4.79 Å². The molecule has 0 fully saturated rings. The number of carboxylic acids is 1. The van der Waals surface area contributed by atoms with Crippen LogP contribution < -0.4 is 5.43 Å². The van der Waals surface area contributed by atoms with Gasteiger partial charge in [0, 0.05) is 16.1 Å². The Bertz CT molecular complexity index is 944. The topological polar surface area (TPSA) is 68.5 Å². The first-order chi connectivity index (χ1) is 12.8. The summed E-state index contributed by atoms with van der Waals surface area (Å²) in [5, 5.41) is 10.0. The summed E-state index contributed by atoms with van der Waals surface area (Å²) in [5.41, 5.74) is 0.0344. The molecule has 0 aliphatic carbocycles. The number of nitrogens with zero attached hydrogens (tertiary/aromatic N) is 1. The Morgan fingerprint density at radius 1 is 1.29 bits per heavy atom. The van der Waals surface area contributed by atoms with E-state index in [0.29, 0.717) is 12.0 Å². The van der Waals surface area contributed by atoms with Gasteiger partial charge in [-0.05, 0) is 42.2 Å². The Morgan fingerprint density at radius 3 is 2.39 bits per heavy atom. The Morgan fingerprint density at radius 2 is 1.89 bits per heavy atom. The van der Waals surface area contributed by atoms with E-state index in [1.54, 1.807) is 6.07 Å². The zero-order chi connectivity index (χ0) is 21.4. The van der Waals surface area contributed by atoms with Gasteiger partial charge in [-0.3, -0.25) is 4.79 Å². The number of carboxylic acid groups (broad SMARTS) is 1. The van der Waals surface area contributed by atoms with Gasteiger partial charge >= 0.3 is 5.97 Å². The van der Waals surface area contributed by atoms with Crippen LogP contribution in [-0.4, -0.2) is 30.6 Å². The number of fused-ring (bicyclic) bond motifs is 1. The second-order valence-corrected chi connectivity index (χ2v) is 14.9. The third-order valence-corrected chi connectivity index (χ3v) is 10.8. The second kappa shape index (κ2) is 8.12. The van der Waals surface area contributed by atoms with Crippen molar-refractivity contribution < 1.29 is 14.3 Å². The van der Waals surface area contributed by atoms with Crippen molar-refractivity contribution in [3.63, 3.8) is 0 Å². The number of hydrogen-bond donors (Lipinski definition) is 1. The third kappa shape index (κ3) is 4.58. The Balaban J connectivity index is 2.63. The fraction of sp³-hybridized carbons (Fsp3) is 0.524. The summed E-state index contributed by atoms with van der Waals surface area (Å²) < 4.78 is 9.11. The molecule has 1 aromatic heterocycles. The summed E-state index contributed by atoms with van der Waals surface area (Å²) in [4.78, 5) is 24.4. The molecular formula is C21H30BrNO4Si. The molecule has 0 amide bonds. The van der Waals surface area contributed by atoms with E-state index < -0.39 is 19.7 Å². The number of aromatic carboxylic acids is 1. The van der Waals surface area contributed by atoms with Gasteiger partial charge in [0.1, 0.15) is 5.56 Å². The summed E-state index contributed by atoms with van der Waals surface area (Å²) >= 11 is 3.38. The summed E-state index contributed by atoms with van der Waals surface area (Å²) in [6, 6.07) is 5.32. The Kier molecular flexibility index (Phi) is 6.63. The molecule has 154 valence electrons. The van der Waals surface area contributed by atoms with Crippen LogP contribution in [-0.2, 0) is 4.43 Å². The number of aromatic nitrogens is 1. The van der Waals surface area contributed by atoms with Crippen LogP contribution in [0.3, 0.4) is 0 Å². The maximum Gasteiger partial charge on any atom is 0.341 e. The molecule has 1 N–H and O–H groups in total. The van der Waals surface area contributed by atoms with E-state index in [1.807, 2.05) is 16.7 Å². The molecule has 1 unspecified atom stereocenters. The highest BCUT2D eigenvalue weighted by Crippen LogP contribution is 2.37. The highest BCUT2D eigenvalue weighted by molar-refractivity contribution is 9.10. The first-order valence-corrected chi connectivity index (χ1v) is 13.2. The first-order valence-electron chi connectivity index (χ1n) is 9.48. The molecule has 0 aliphatic heterocycles. The quantitative estimate of drug-likeness (QED) is 0.554. The van der Waals surface area contributed by atoms with E-state index in [9.17, 15) is 14.7 Å². The lowest BCUT2D eigenvalue weighted by atomic mass is 10.0. The average Bonchev–Trinajstić information content (AvgIpc) is 2.55. The van der Waals surface area contributed by atoms with Crippen molar-refractivity contribution >= 4 is 41.1 Å². The number of pyridine rings is 1. The van der Waals surface area contributed by atoms with Crippen LogP contribution >= 0.6 is 15.9 Å². The number of carbonyl (C=O) groups is 1. The molecule has 0 saturated carbocycles. The van der Waals surface area contributed by atoms with E-state index in [4.69, 9.17) is 4.43 Å². The van der Waals surface area contributed by atoms with E-state index in [2.05, 4.69) is 63.6 Å². The average molecular weight is 468 g/mol. The molecule has 1 heterocycles. The maximum atomic E-state index is 12.7. The van der Waals surface area contributed by atoms with E-state index in [-0.39, 0.29) is 22.6 Å². The first kappa shape index (κ1) is 22.8. The van der Waals surface area contributed by atoms with Gasteiger partial charge in [0.05, 0.1) is 18.2 Å². The predicted molar refractivity (Wildman–Crippen MR) is 120 cm³/mol. The Hall–Kier alpha value is -1.44. The molecule has 7 heteroatoms. The number of halogens is 1. The van der Waals surface area contributed by atoms with Crippen LogP contribution in [0.15, 0.2) is 33.7 Å². The smallest absolute Gasteiger partial charge is 0.341 e. The summed E-state index contributed by atoms with van der Waals surface area (Å²) in [5.74, 6) is -1.02.